The highest BCUT2D eigenvalue weighted by Crippen LogP contribution is 2.30. The van der Waals surface area contributed by atoms with Crippen LogP contribution in [0.3, 0.4) is 0 Å². The molecule has 2 aliphatic heterocycles. The summed E-state index contributed by atoms with van der Waals surface area (Å²) in [4.78, 5) is 20.8. The average Bonchev–Trinajstić information content (AvgIpc) is 3.11. The molecule has 0 bridgehead atoms. The first-order valence-electron chi connectivity index (χ1n) is 7.64. The van der Waals surface area contributed by atoms with E-state index in [4.69, 9.17) is 0 Å². The van der Waals surface area contributed by atoms with E-state index >= 15 is 0 Å². The lowest BCUT2D eigenvalue weighted by Crippen LogP contribution is -2.47. The first-order valence-corrected chi connectivity index (χ1v) is 7.64. The van der Waals surface area contributed by atoms with Gasteiger partial charge in [-0.3, -0.25) is 9.69 Å². The summed E-state index contributed by atoms with van der Waals surface area (Å²) < 4.78 is 2.09. The fraction of sp³-hybridized carbons (Fsp3) is 0.733. The van der Waals surface area contributed by atoms with E-state index in [-0.39, 0.29) is 5.91 Å². The van der Waals surface area contributed by atoms with E-state index in [9.17, 15) is 4.79 Å². The summed E-state index contributed by atoms with van der Waals surface area (Å²) in [5.41, 5.74) is 0. The Morgan fingerprint density at radius 2 is 2.05 bits per heavy atom. The molecule has 2 unspecified atom stereocenters. The summed E-state index contributed by atoms with van der Waals surface area (Å²) in [5, 5.41) is 0. The summed E-state index contributed by atoms with van der Waals surface area (Å²) in [6, 6.07) is 0.924. The zero-order valence-electron chi connectivity index (χ0n) is 12.5. The van der Waals surface area contributed by atoms with Gasteiger partial charge in [0.05, 0.1) is 6.54 Å². The predicted molar refractivity (Wildman–Crippen MR) is 77.0 cm³/mol. The van der Waals surface area contributed by atoms with Crippen molar-refractivity contribution in [3.63, 3.8) is 0 Å². The van der Waals surface area contributed by atoms with Crippen LogP contribution in [0.1, 0.15) is 38.4 Å². The van der Waals surface area contributed by atoms with E-state index in [1.54, 1.807) is 6.92 Å². The Morgan fingerprint density at radius 1 is 1.30 bits per heavy atom. The Balaban J connectivity index is 1.72. The normalized spacial score (nSPS) is 27.4. The molecule has 3 heterocycles. The van der Waals surface area contributed by atoms with Crippen LogP contribution in [0.5, 0.6) is 0 Å². The molecule has 2 atom stereocenters. The maximum atomic E-state index is 11.8. The van der Waals surface area contributed by atoms with Gasteiger partial charge in [0.25, 0.3) is 0 Å². The zero-order chi connectivity index (χ0) is 14.1. The molecular formula is C15H24N4O. The van der Waals surface area contributed by atoms with Crippen LogP contribution in [-0.2, 0) is 18.4 Å². The van der Waals surface area contributed by atoms with Crippen molar-refractivity contribution in [3.05, 3.63) is 18.2 Å². The smallest absolute Gasteiger partial charge is 0.219 e. The number of rotatable bonds is 3. The van der Waals surface area contributed by atoms with Crippen LogP contribution >= 0.6 is 0 Å². The van der Waals surface area contributed by atoms with E-state index in [2.05, 4.69) is 19.4 Å². The van der Waals surface area contributed by atoms with E-state index in [0.29, 0.717) is 12.1 Å². The minimum atomic E-state index is 0.233. The largest absolute Gasteiger partial charge is 0.338 e. The molecule has 2 aliphatic rings. The maximum absolute atomic E-state index is 11.8. The molecule has 2 saturated heterocycles. The Morgan fingerprint density at radius 3 is 2.75 bits per heavy atom. The molecule has 1 amide bonds. The number of nitrogens with zero attached hydrogens (tertiary/aromatic N) is 4. The number of hydrogen-bond acceptors (Lipinski definition) is 3. The number of aryl methyl sites for hydroxylation is 1. The number of imidazole rings is 1. The third kappa shape index (κ3) is 2.46. The van der Waals surface area contributed by atoms with Gasteiger partial charge in [-0.1, -0.05) is 0 Å². The van der Waals surface area contributed by atoms with Crippen LogP contribution in [0.25, 0.3) is 0 Å². The molecule has 110 valence electrons. The second-order valence-electron chi connectivity index (χ2n) is 6.06. The molecule has 0 aliphatic carbocycles. The van der Waals surface area contributed by atoms with Crippen LogP contribution in [0.2, 0.25) is 0 Å². The summed E-state index contributed by atoms with van der Waals surface area (Å²) in [6.07, 6.45) is 8.60. The quantitative estimate of drug-likeness (QED) is 0.838. The van der Waals surface area contributed by atoms with Crippen molar-refractivity contribution in [1.82, 2.24) is 19.4 Å². The summed E-state index contributed by atoms with van der Waals surface area (Å²) in [7, 11) is 2.05. The van der Waals surface area contributed by atoms with Gasteiger partial charge in [-0.05, 0) is 32.2 Å². The predicted octanol–water partition coefficient (Wildman–Crippen LogP) is 1.40. The van der Waals surface area contributed by atoms with Gasteiger partial charge >= 0.3 is 0 Å². The van der Waals surface area contributed by atoms with E-state index in [1.807, 2.05) is 19.4 Å². The van der Waals surface area contributed by atoms with Gasteiger partial charge in [0.15, 0.2) is 0 Å². The van der Waals surface area contributed by atoms with Crippen LogP contribution in [0.15, 0.2) is 12.4 Å². The Kier molecular flexibility index (Phi) is 3.78. The second kappa shape index (κ2) is 5.56. The fourth-order valence-corrected chi connectivity index (χ4v) is 3.80. The Labute approximate surface area is 120 Å². The van der Waals surface area contributed by atoms with Gasteiger partial charge in [-0.2, -0.15) is 0 Å². The molecule has 0 radical (unpaired) electrons. The Bertz CT molecular complexity index is 484. The van der Waals surface area contributed by atoms with Gasteiger partial charge in [-0.25, -0.2) is 4.98 Å². The lowest BCUT2D eigenvalue weighted by molar-refractivity contribution is -0.130. The average molecular weight is 276 g/mol. The maximum Gasteiger partial charge on any atom is 0.219 e. The zero-order valence-corrected chi connectivity index (χ0v) is 12.5. The van der Waals surface area contributed by atoms with Crippen molar-refractivity contribution in [2.24, 2.45) is 7.05 Å². The molecule has 1 aromatic rings. The van der Waals surface area contributed by atoms with E-state index in [1.165, 1.54) is 12.8 Å². The molecule has 0 saturated carbocycles. The number of carbonyl (C=O) groups is 1. The van der Waals surface area contributed by atoms with Crippen molar-refractivity contribution in [1.29, 1.82) is 0 Å². The SMILES string of the molecule is CC(=O)N1CCCC1C1CCCN1Cc1nccn1C. The van der Waals surface area contributed by atoms with Crippen molar-refractivity contribution in [2.45, 2.75) is 51.2 Å². The lowest BCUT2D eigenvalue weighted by atomic mass is 10.0. The van der Waals surface area contributed by atoms with Crippen molar-refractivity contribution in [3.8, 4) is 0 Å². The standard InChI is InChI=1S/C15H24N4O/c1-12(20)19-9-4-6-14(19)13-5-3-8-18(13)11-15-16-7-10-17(15)2/h7,10,13-14H,3-6,8-9,11H2,1-2H3. The topological polar surface area (TPSA) is 41.4 Å². The van der Waals surface area contributed by atoms with Gasteiger partial charge in [0.2, 0.25) is 5.91 Å². The highest BCUT2D eigenvalue weighted by Gasteiger charge is 2.38. The minimum Gasteiger partial charge on any atom is -0.338 e. The number of amides is 1. The second-order valence-corrected chi connectivity index (χ2v) is 6.06. The molecule has 0 N–H and O–H groups in total. The summed E-state index contributed by atoms with van der Waals surface area (Å²) in [6.45, 7) is 4.67. The van der Waals surface area contributed by atoms with E-state index < -0.39 is 0 Å². The molecule has 0 spiro atoms. The third-order valence-electron chi connectivity index (χ3n) is 4.83. The van der Waals surface area contributed by atoms with Crippen molar-refractivity contribution < 1.29 is 4.79 Å². The van der Waals surface area contributed by atoms with Gasteiger partial charge in [0, 0.05) is 45.0 Å². The minimum absolute atomic E-state index is 0.233. The van der Waals surface area contributed by atoms with Gasteiger partial charge in [-0.15, -0.1) is 0 Å². The summed E-state index contributed by atoms with van der Waals surface area (Å²) in [5.74, 6) is 1.35. The Hall–Kier alpha value is -1.36. The number of hydrogen-bond donors (Lipinski definition) is 0. The van der Waals surface area contributed by atoms with Crippen LogP contribution < -0.4 is 0 Å². The highest BCUT2D eigenvalue weighted by molar-refractivity contribution is 5.74. The number of aromatic nitrogens is 2. The molecular weight excluding hydrogens is 252 g/mol. The number of carbonyl (C=O) groups excluding carboxylic acids is 1. The fourth-order valence-electron chi connectivity index (χ4n) is 3.80. The van der Waals surface area contributed by atoms with Crippen molar-refractivity contribution >= 4 is 5.91 Å². The summed E-state index contributed by atoms with van der Waals surface area (Å²) >= 11 is 0. The number of likely N-dealkylation sites (tertiary alicyclic amines) is 2. The van der Waals surface area contributed by atoms with Gasteiger partial charge < -0.3 is 9.47 Å². The van der Waals surface area contributed by atoms with Crippen molar-refractivity contribution in [2.75, 3.05) is 13.1 Å². The van der Waals surface area contributed by atoms with E-state index in [0.717, 1.165) is 38.3 Å². The third-order valence-corrected chi connectivity index (χ3v) is 4.83. The van der Waals surface area contributed by atoms with Gasteiger partial charge in [0.1, 0.15) is 5.82 Å². The molecule has 1 aromatic heterocycles. The lowest BCUT2D eigenvalue weighted by Gasteiger charge is -2.34. The first-order chi connectivity index (χ1) is 9.66. The monoisotopic (exact) mass is 276 g/mol. The molecule has 2 fully saturated rings. The van der Waals surface area contributed by atoms with Crippen LogP contribution in [0.4, 0.5) is 0 Å². The van der Waals surface area contributed by atoms with Crippen LogP contribution in [-0.4, -0.2) is 50.4 Å². The molecule has 5 heteroatoms. The molecule has 5 nitrogen and oxygen atoms in total. The molecule has 0 aromatic carbocycles. The molecule has 20 heavy (non-hydrogen) atoms. The van der Waals surface area contributed by atoms with Crippen LogP contribution in [0, 0.1) is 0 Å². The first kappa shape index (κ1) is 13.6. The highest BCUT2D eigenvalue weighted by atomic mass is 16.2. The molecule has 3 rings (SSSR count).